The van der Waals surface area contributed by atoms with Gasteiger partial charge in [0, 0.05) is 61.3 Å². The van der Waals surface area contributed by atoms with Crippen molar-refractivity contribution in [2.75, 3.05) is 37.6 Å². The van der Waals surface area contributed by atoms with Crippen molar-refractivity contribution in [3.05, 3.63) is 83.1 Å². The Hall–Kier alpha value is -4.03. The summed E-state index contributed by atoms with van der Waals surface area (Å²) < 4.78 is 68.5. The van der Waals surface area contributed by atoms with Crippen LogP contribution in [0.2, 0.25) is 5.02 Å². The number of benzene rings is 2. The second-order valence-corrected chi connectivity index (χ2v) is 11.1. The van der Waals surface area contributed by atoms with Crippen molar-refractivity contribution >= 4 is 23.3 Å². The van der Waals surface area contributed by atoms with E-state index in [-0.39, 0.29) is 12.2 Å². The van der Waals surface area contributed by atoms with Gasteiger partial charge in [0.2, 0.25) is 0 Å². The number of piperazine rings is 1. The zero-order chi connectivity index (χ0) is 30.5. The van der Waals surface area contributed by atoms with E-state index in [1.54, 1.807) is 24.3 Å². The quantitative estimate of drug-likeness (QED) is 0.231. The van der Waals surface area contributed by atoms with Crippen LogP contribution in [-0.2, 0) is 6.18 Å². The molecule has 0 radical (unpaired) electrons. The summed E-state index contributed by atoms with van der Waals surface area (Å²) in [4.78, 5) is 20.1. The molecule has 7 nitrogen and oxygen atoms in total. The highest BCUT2D eigenvalue weighted by Gasteiger charge is 2.57. The number of halogens is 6. The summed E-state index contributed by atoms with van der Waals surface area (Å²) in [5.74, 6) is -5.00. The lowest BCUT2D eigenvalue weighted by Gasteiger charge is -2.36. The average molecular weight is 618 g/mol. The monoisotopic (exact) mass is 617 g/mol. The minimum Gasteiger partial charge on any atom is -0.478 e. The second-order valence-electron chi connectivity index (χ2n) is 10.7. The largest absolute Gasteiger partial charge is 0.478 e. The van der Waals surface area contributed by atoms with Crippen LogP contribution >= 0.6 is 11.6 Å². The lowest BCUT2D eigenvalue weighted by atomic mass is 9.97. The molecule has 1 saturated carbocycles. The molecule has 1 saturated heterocycles. The molecule has 2 aliphatic rings. The van der Waals surface area contributed by atoms with Gasteiger partial charge in [0.05, 0.1) is 11.9 Å². The van der Waals surface area contributed by atoms with Crippen LogP contribution in [0.5, 0.6) is 0 Å². The molecule has 2 fully saturated rings. The average Bonchev–Trinajstić information content (AvgIpc) is 3.35. The third kappa shape index (κ3) is 5.94. The number of hydrogen-bond acceptors (Lipinski definition) is 5. The van der Waals surface area contributed by atoms with Gasteiger partial charge in [-0.25, -0.2) is 23.2 Å². The first-order valence-corrected chi connectivity index (χ1v) is 13.9. The number of carboxylic acid groups (broad SMARTS) is 1. The molecule has 224 valence electrons. The van der Waals surface area contributed by atoms with E-state index in [1.165, 1.54) is 12.1 Å². The van der Waals surface area contributed by atoms with Crippen LogP contribution in [0.25, 0.3) is 28.2 Å². The highest BCUT2D eigenvalue weighted by molar-refractivity contribution is 6.31. The standard InChI is InChI=1S/C30H25ClF5N5O2/c31-20-6-9-22(18-4-7-21(8-5-18)40-12-10-39(11-13-40)17-19-15-29(19,32)33)23(14-20)25-2-1-3-26(38-25)41-27(30(34,35)36)24(16-37-41)28(42)43/h1-9,14,16,19H,10-13,15,17H2,(H,42,43)/t19-/m0/s1. The van der Waals surface area contributed by atoms with Crippen LogP contribution in [0.4, 0.5) is 27.6 Å². The van der Waals surface area contributed by atoms with Crippen molar-refractivity contribution in [1.29, 1.82) is 0 Å². The number of rotatable bonds is 7. The third-order valence-corrected chi connectivity index (χ3v) is 8.06. The van der Waals surface area contributed by atoms with E-state index >= 15 is 0 Å². The molecule has 1 aliphatic heterocycles. The minimum atomic E-state index is -4.98. The molecule has 1 atom stereocenters. The third-order valence-electron chi connectivity index (χ3n) is 7.83. The number of nitrogens with zero attached hydrogens (tertiary/aromatic N) is 5. The lowest BCUT2D eigenvalue weighted by molar-refractivity contribution is -0.143. The Morgan fingerprint density at radius 1 is 1.00 bits per heavy atom. The van der Waals surface area contributed by atoms with E-state index in [4.69, 9.17) is 11.6 Å². The molecule has 13 heteroatoms. The van der Waals surface area contributed by atoms with E-state index < -0.39 is 35.2 Å². The zero-order valence-electron chi connectivity index (χ0n) is 22.5. The van der Waals surface area contributed by atoms with Gasteiger partial charge in [0.1, 0.15) is 5.56 Å². The molecule has 43 heavy (non-hydrogen) atoms. The first kappa shape index (κ1) is 29.1. The van der Waals surface area contributed by atoms with Crippen LogP contribution in [0, 0.1) is 5.92 Å². The van der Waals surface area contributed by atoms with Gasteiger partial charge in [-0.1, -0.05) is 35.9 Å². The van der Waals surface area contributed by atoms with Crippen molar-refractivity contribution in [1.82, 2.24) is 19.7 Å². The van der Waals surface area contributed by atoms with Crippen LogP contribution in [0.15, 0.2) is 66.9 Å². The summed E-state index contributed by atoms with van der Waals surface area (Å²) in [5, 5.41) is 13.3. The Morgan fingerprint density at radius 3 is 2.33 bits per heavy atom. The SMILES string of the molecule is O=C(O)c1cnn(-c2cccc(-c3cc(Cl)ccc3-c3ccc(N4CCN(C[C@@H]5CC5(F)F)CC4)cc3)n2)c1C(F)(F)F. The molecule has 0 spiro atoms. The van der Waals surface area contributed by atoms with Crippen molar-refractivity contribution in [3.63, 3.8) is 0 Å². The smallest absolute Gasteiger partial charge is 0.434 e. The minimum absolute atomic E-state index is 0.0231. The Labute approximate surface area is 248 Å². The summed E-state index contributed by atoms with van der Waals surface area (Å²) in [6, 6.07) is 17.4. The maximum atomic E-state index is 13.8. The van der Waals surface area contributed by atoms with E-state index in [0.717, 1.165) is 29.9 Å². The number of aromatic nitrogens is 3. The van der Waals surface area contributed by atoms with Gasteiger partial charge in [0.25, 0.3) is 5.92 Å². The molecule has 0 unspecified atom stereocenters. The fourth-order valence-electron chi connectivity index (χ4n) is 5.44. The number of hydrogen-bond donors (Lipinski definition) is 1. The normalized spacial score (nSPS) is 18.6. The highest BCUT2D eigenvalue weighted by atomic mass is 35.5. The Balaban J connectivity index is 1.26. The highest BCUT2D eigenvalue weighted by Crippen LogP contribution is 2.49. The van der Waals surface area contributed by atoms with E-state index in [2.05, 4.69) is 19.9 Å². The van der Waals surface area contributed by atoms with Crippen molar-refractivity contribution in [3.8, 4) is 28.2 Å². The Bertz CT molecular complexity index is 1670. The number of pyridine rings is 1. The first-order valence-electron chi connectivity index (χ1n) is 13.5. The van der Waals surface area contributed by atoms with Crippen LogP contribution in [0.3, 0.4) is 0 Å². The predicted molar refractivity (Wildman–Crippen MR) is 151 cm³/mol. The summed E-state index contributed by atoms with van der Waals surface area (Å²) in [5.41, 5.74) is 1.01. The molecule has 0 bridgehead atoms. The molecule has 1 aliphatic carbocycles. The lowest BCUT2D eigenvalue weighted by Crippen LogP contribution is -2.47. The second kappa shape index (κ2) is 10.9. The van der Waals surface area contributed by atoms with Gasteiger partial charge in [-0.15, -0.1) is 0 Å². The predicted octanol–water partition coefficient (Wildman–Crippen LogP) is 6.75. The first-order chi connectivity index (χ1) is 20.4. The van der Waals surface area contributed by atoms with Gasteiger partial charge in [0.15, 0.2) is 11.5 Å². The number of carboxylic acids is 1. The van der Waals surface area contributed by atoms with Gasteiger partial charge < -0.3 is 10.0 Å². The number of anilines is 1. The van der Waals surface area contributed by atoms with Gasteiger partial charge in [-0.3, -0.25) is 4.90 Å². The number of carbonyl (C=O) groups is 1. The van der Waals surface area contributed by atoms with Gasteiger partial charge >= 0.3 is 12.1 Å². The Kier molecular flexibility index (Phi) is 7.37. The van der Waals surface area contributed by atoms with E-state index in [1.807, 2.05) is 24.3 Å². The summed E-state index contributed by atoms with van der Waals surface area (Å²) >= 11 is 6.31. The topological polar surface area (TPSA) is 74.5 Å². The van der Waals surface area contributed by atoms with Crippen LogP contribution in [-0.4, -0.2) is 69.4 Å². The van der Waals surface area contributed by atoms with E-state index in [0.29, 0.717) is 46.8 Å². The van der Waals surface area contributed by atoms with Crippen molar-refractivity contribution < 1.29 is 31.9 Å². The molecule has 0 amide bonds. The maximum absolute atomic E-state index is 13.8. The maximum Gasteiger partial charge on any atom is 0.434 e. The van der Waals surface area contributed by atoms with Crippen molar-refractivity contribution in [2.45, 2.75) is 18.5 Å². The molecular formula is C30H25ClF5N5O2. The molecule has 2 aromatic carbocycles. The Morgan fingerprint density at radius 2 is 1.70 bits per heavy atom. The fraction of sp³-hybridized carbons (Fsp3) is 0.300. The molecule has 1 N–H and O–H groups in total. The van der Waals surface area contributed by atoms with Gasteiger partial charge in [-0.2, -0.15) is 18.3 Å². The molecule has 6 rings (SSSR count). The molecule has 2 aromatic heterocycles. The zero-order valence-corrected chi connectivity index (χ0v) is 23.3. The molecule has 3 heterocycles. The van der Waals surface area contributed by atoms with E-state index in [9.17, 15) is 31.9 Å². The van der Waals surface area contributed by atoms with Gasteiger partial charge in [-0.05, 0) is 47.5 Å². The summed E-state index contributed by atoms with van der Waals surface area (Å²) in [7, 11) is 0. The number of aromatic carboxylic acids is 1. The fourth-order valence-corrected chi connectivity index (χ4v) is 5.61. The van der Waals surface area contributed by atoms with Crippen LogP contribution < -0.4 is 4.90 Å². The molecule has 4 aromatic rings. The number of alkyl halides is 5. The summed E-state index contributed by atoms with van der Waals surface area (Å²) in [6.45, 7) is 3.28. The summed E-state index contributed by atoms with van der Waals surface area (Å²) in [6.07, 6.45) is -4.36. The van der Waals surface area contributed by atoms with Crippen molar-refractivity contribution in [2.24, 2.45) is 5.92 Å². The van der Waals surface area contributed by atoms with Crippen LogP contribution in [0.1, 0.15) is 22.5 Å². The molecular weight excluding hydrogens is 593 g/mol.